The monoisotopic (exact) mass is 412 g/mol. The molecule has 2 unspecified atom stereocenters. The average Bonchev–Trinajstić information content (AvgIpc) is 3.02. The SMILES string of the molecule is O=C(Nc1ccc(F)c(Cl)c1)c1cccc(S(=O)(=O)NC2CCC(O)C2)c1. The standard InChI is InChI=1S/C18H18ClFN2O4S/c19-16-10-12(5-7-17(16)20)21-18(24)11-2-1-3-15(8-11)27(25,26)22-13-4-6-14(23)9-13/h1-3,5,7-8,10,13-14,22-23H,4,6,9H2,(H,21,24). The fourth-order valence-corrected chi connectivity index (χ4v) is 4.44. The first-order valence-corrected chi connectivity index (χ1v) is 10.2. The number of aliphatic hydroxyl groups excluding tert-OH is 1. The third kappa shape index (κ3) is 4.84. The zero-order chi connectivity index (χ0) is 19.6. The maximum Gasteiger partial charge on any atom is 0.255 e. The van der Waals surface area contributed by atoms with Gasteiger partial charge < -0.3 is 10.4 Å². The van der Waals surface area contributed by atoms with Crippen LogP contribution in [0.5, 0.6) is 0 Å². The molecule has 2 aromatic rings. The number of carbonyl (C=O) groups is 1. The van der Waals surface area contributed by atoms with E-state index in [2.05, 4.69) is 10.0 Å². The van der Waals surface area contributed by atoms with Gasteiger partial charge in [0.15, 0.2) is 0 Å². The molecule has 1 amide bonds. The van der Waals surface area contributed by atoms with E-state index < -0.39 is 27.9 Å². The first-order chi connectivity index (χ1) is 12.7. The van der Waals surface area contributed by atoms with Crippen LogP contribution in [0.2, 0.25) is 5.02 Å². The molecule has 1 aliphatic rings. The quantitative estimate of drug-likeness (QED) is 0.703. The van der Waals surface area contributed by atoms with Crippen LogP contribution >= 0.6 is 11.6 Å². The topological polar surface area (TPSA) is 95.5 Å². The van der Waals surface area contributed by atoms with Crippen molar-refractivity contribution in [3.05, 3.63) is 58.9 Å². The first-order valence-electron chi connectivity index (χ1n) is 8.31. The lowest BCUT2D eigenvalue weighted by Gasteiger charge is -2.13. The van der Waals surface area contributed by atoms with Crippen LogP contribution in [-0.2, 0) is 10.0 Å². The summed E-state index contributed by atoms with van der Waals surface area (Å²) in [5.74, 6) is -1.16. The van der Waals surface area contributed by atoms with Gasteiger partial charge in [-0.05, 0) is 55.7 Å². The number of amides is 1. The summed E-state index contributed by atoms with van der Waals surface area (Å²) in [6.45, 7) is 0. The molecule has 3 N–H and O–H groups in total. The molecule has 9 heteroatoms. The fraction of sp³-hybridized carbons (Fsp3) is 0.278. The van der Waals surface area contributed by atoms with Gasteiger partial charge in [0.25, 0.3) is 5.91 Å². The van der Waals surface area contributed by atoms with Crippen molar-refractivity contribution in [2.75, 3.05) is 5.32 Å². The van der Waals surface area contributed by atoms with Gasteiger partial charge in [0, 0.05) is 17.3 Å². The minimum absolute atomic E-state index is 0.0475. The van der Waals surface area contributed by atoms with Gasteiger partial charge in [0.05, 0.1) is 16.0 Å². The normalized spacial score (nSPS) is 19.8. The van der Waals surface area contributed by atoms with Crippen molar-refractivity contribution in [3.63, 3.8) is 0 Å². The molecule has 0 spiro atoms. The number of sulfonamides is 1. The van der Waals surface area contributed by atoms with Crippen molar-refractivity contribution in [2.24, 2.45) is 0 Å². The predicted octanol–water partition coefficient (Wildman–Crippen LogP) is 2.92. The van der Waals surface area contributed by atoms with Crippen LogP contribution in [0.3, 0.4) is 0 Å². The Morgan fingerprint density at radius 1 is 1.19 bits per heavy atom. The molecule has 0 bridgehead atoms. The summed E-state index contributed by atoms with van der Waals surface area (Å²) in [5, 5.41) is 12.0. The molecular formula is C18H18ClFN2O4S. The summed E-state index contributed by atoms with van der Waals surface area (Å²) in [6, 6.07) is 8.99. The number of carbonyl (C=O) groups excluding carboxylic acids is 1. The summed E-state index contributed by atoms with van der Waals surface area (Å²) >= 11 is 5.69. The van der Waals surface area contributed by atoms with Gasteiger partial charge in [-0.3, -0.25) is 4.79 Å². The lowest BCUT2D eigenvalue weighted by atomic mass is 10.2. The lowest BCUT2D eigenvalue weighted by molar-refractivity contribution is 0.102. The number of rotatable bonds is 5. The van der Waals surface area contributed by atoms with Crippen LogP contribution in [0.25, 0.3) is 0 Å². The molecule has 1 fully saturated rings. The smallest absolute Gasteiger partial charge is 0.255 e. The van der Waals surface area contributed by atoms with Crippen LogP contribution < -0.4 is 10.0 Å². The summed E-state index contributed by atoms with van der Waals surface area (Å²) < 4.78 is 40.8. The Labute approximate surface area is 161 Å². The highest BCUT2D eigenvalue weighted by Gasteiger charge is 2.27. The Bertz CT molecular complexity index is 968. The van der Waals surface area contributed by atoms with Gasteiger partial charge in [-0.15, -0.1) is 0 Å². The zero-order valence-corrected chi connectivity index (χ0v) is 15.7. The van der Waals surface area contributed by atoms with Crippen LogP contribution in [0, 0.1) is 5.82 Å². The molecular weight excluding hydrogens is 395 g/mol. The maximum absolute atomic E-state index is 13.2. The molecule has 3 rings (SSSR count). The third-order valence-electron chi connectivity index (χ3n) is 4.31. The first kappa shape index (κ1) is 19.8. The van der Waals surface area contributed by atoms with Crippen LogP contribution in [0.15, 0.2) is 47.4 Å². The molecule has 0 aromatic heterocycles. The summed E-state index contributed by atoms with van der Waals surface area (Å²) in [7, 11) is -3.82. The molecule has 27 heavy (non-hydrogen) atoms. The highest BCUT2D eigenvalue weighted by molar-refractivity contribution is 7.89. The summed E-state index contributed by atoms with van der Waals surface area (Å²) in [4.78, 5) is 12.3. The van der Waals surface area contributed by atoms with Crippen molar-refractivity contribution in [1.29, 1.82) is 0 Å². The van der Waals surface area contributed by atoms with E-state index in [4.69, 9.17) is 11.6 Å². The van der Waals surface area contributed by atoms with E-state index >= 15 is 0 Å². The Hall–Kier alpha value is -2.00. The van der Waals surface area contributed by atoms with E-state index in [0.29, 0.717) is 19.3 Å². The minimum Gasteiger partial charge on any atom is -0.393 e. The second-order valence-electron chi connectivity index (χ2n) is 6.40. The number of halogens is 2. The lowest BCUT2D eigenvalue weighted by Crippen LogP contribution is -2.33. The van der Waals surface area contributed by atoms with Gasteiger partial charge in [-0.2, -0.15) is 0 Å². The van der Waals surface area contributed by atoms with Gasteiger partial charge in [0.1, 0.15) is 5.82 Å². The van der Waals surface area contributed by atoms with Crippen molar-refractivity contribution < 1.29 is 22.7 Å². The van der Waals surface area contributed by atoms with Crippen molar-refractivity contribution in [1.82, 2.24) is 4.72 Å². The van der Waals surface area contributed by atoms with E-state index in [1.54, 1.807) is 0 Å². The van der Waals surface area contributed by atoms with Crippen molar-refractivity contribution >= 4 is 33.2 Å². The van der Waals surface area contributed by atoms with Crippen LogP contribution in [-0.4, -0.2) is 31.6 Å². The number of benzene rings is 2. The van der Waals surface area contributed by atoms with Crippen molar-refractivity contribution in [2.45, 2.75) is 36.3 Å². The van der Waals surface area contributed by atoms with Gasteiger partial charge >= 0.3 is 0 Å². The van der Waals surface area contributed by atoms with Crippen LogP contribution in [0.4, 0.5) is 10.1 Å². The van der Waals surface area contributed by atoms with E-state index in [-0.39, 0.29) is 27.2 Å². The Morgan fingerprint density at radius 2 is 1.96 bits per heavy atom. The second-order valence-corrected chi connectivity index (χ2v) is 8.52. The second kappa shape index (κ2) is 7.93. The molecule has 144 valence electrons. The number of anilines is 1. The molecule has 2 atom stereocenters. The maximum atomic E-state index is 13.2. The molecule has 2 aromatic carbocycles. The van der Waals surface area contributed by atoms with Crippen molar-refractivity contribution in [3.8, 4) is 0 Å². The van der Waals surface area contributed by atoms with E-state index in [9.17, 15) is 22.7 Å². The largest absolute Gasteiger partial charge is 0.393 e. The molecule has 1 saturated carbocycles. The molecule has 0 aliphatic heterocycles. The molecule has 0 heterocycles. The fourth-order valence-electron chi connectivity index (χ4n) is 2.93. The number of nitrogens with one attached hydrogen (secondary N) is 2. The summed E-state index contributed by atoms with van der Waals surface area (Å²) in [6.07, 6.45) is 0.976. The predicted molar refractivity (Wildman–Crippen MR) is 99.8 cm³/mol. The van der Waals surface area contributed by atoms with Crippen LogP contribution in [0.1, 0.15) is 29.6 Å². The Balaban J connectivity index is 1.76. The van der Waals surface area contributed by atoms with Gasteiger partial charge in [-0.25, -0.2) is 17.5 Å². The Morgan fingerprint density at radius 3 is 2.63 bits per heavy atom. The average molecular weight is 413 g/mol. The van der Waals surface area contributed by atoms with E-state index in [1.165, 1.54) is 36.4 Å². The minimum atomic E-state index is -3.82. The Kier molecular flexibility index (Phi) is 5.81. The number of aliphatic hydroxyl groups is 1. The molecule has 1 aliphatic carbocycles. The number of hydrogen-bond donors (Lipinski definition) is 3. The van der Waals surface area contributed by atoms with Gasteiger partial charge in [-0.1, -0.05) is 17.7 Å². The summed E-state index contributed by atoms with van der Waals surface area (Å²) in [5.41, 5.74) is 0.419. The third-order valence-corrected chi connectivity index (χ3v) is 6.12. The molecule has 0 saturated heterocycles. The zero-order valence-electron chi connectivity index (χ0n) is 14.2. The highest BCUT2D eigenvalue weighted by Crippen LogP contribution is 2.23. The van der Waals surface area contributed by atoms with E-state index in [1.807, 2.05) is 0 Å². The molecule has 6 nitrogen and oxygen atoms in total. The number of hydrogen-bond acceptors (Lipinski definition) is 4. The van der Waals surface area contributed by atoms with E-state index in [0.717, 1.165) is 6.07 Å². The molecule has 0 radical (unpaired) electrons. The van der Waals surface area contributed by atoms with Gasteiger partial charge in [0.2, 0.25) is 10.0 Å². The highest BCUT2D eigenvalue weighted by atomic mass is 35.5.